The first-order valence-electron chi connectivity index (χ1n) is 2.90. The molecule has 0 saturated carbocycles. The average molecular weight is 203 g/mol. The number of halogens is 1. The van der Waals surface area contributed by atoms with E-state index >= 15 is 0 Å². The number of hydrogen-bond donors (Lipinski definition) is 1. The van der Waals surface area contributed by atoms with Crippen LogP contribution in [-0.2, 0) is 6.42 Å². The molecule has 0 atom stereocenters. The van der Waals surface area contributed by atoms with E-state index in [1.807, 2.05) is 0 Å². The van der Waals surface area contributed by atoms with E-state index < -0.39 is 0 Å². The van der Waals surface area contributed by atoms with Crippen LogP contribution in [-0.4, -0.2) is 21.7 Å². The molecule has 1 aromatic heterocycles. The number of hydrogen-bond acceptors (Lipinski definition) is 3. The minimum atomic E-state index is 0.121. The maximum absolute atomic E-state index is 8.51. The van der Waals surface area contributed by atoms with Crippen molar-refractivity contribution < 1.29 is 5.11 Å². The van der Waals surface area contributed by atoms with E-state index in [2.05, 4.69) is 25.9 Å². The molecule has 3 nitrogen and oxygen atoms in total. The summed E-state index contributed by atoms with van der Waals surface area (Å²) in [6.07, 6.45) is 3.82. The van der Waals surface area contributed by atoms with Gasteiger partial charge in [0.1, 0.15) is 4.60 Å². The summed E-state index contributed by atoms with van der Waals surface area (Å²) < 4.78 is 0.717. The molecule has 4 heteroatoms. The summed E-state index contributed by atoms with van der Waals surface area (Å²) >= 11 is 3.16. The molecule has 1 heterocycles. The second-order valence-electron chi connectivity index (χ2n) is 1.80. The average Bonchev–Trinajstić information content (AvgIpc) is 1.95. The zero-order chi connectivity index (χ0) is 7.40. The molecule has 0 spiro atoms. The van der Waals surface area contributed by atoms with Crippen molar-refractivity contribution in [3.05, 3.63) is 22.7 Å². The van der Waals surface area contributed by atoms with Crippen LogP contribution in [0, 0.1) is 0 Å². The molecule has 0 aliphatic heterocycles. The Kier molecular flexibility index (Phi) is 2.77. The lowest BCUT2D eigenvalue weighted by Crippen LogP contribution is -1.94. The number of nitrogens with zero attached hydrogens (tertiary/aromatic N) is 2. The third-order valence-corrected chi connectivity index (χ3v) is 1.45. The summed E-state index contributed by atoms with van der Waals surface area (Å²) in [5, 5.41) is 8.51. The van der Waals surface area contributed by atoms with Crippen LogP contribution in [0.2, 0.25) is 0 Å². The van der Waals surface area contributed by atoms with Crippen LogP contribution in [0.25, 0.3) is 0 Å². The Bertz CT molecular complexity index is 199. The smallest absolute Gasteiger partial charge is 0.124 e. The van der Waals surface area contributed by atoms with Gasteiger partial charge in [-0.15, -0.1) is 0 Å². The summed E-state index contributed by atoms with van der Waals surface area (Å²) in [5.41, 5.74) is 0.811. The van der Waals surface area contributed by atoms with Crippen molar-refractivity contribution in [1.29, 1.82) is 0 Å². The van der Waals surface area contributed by atoms with Crippen molar-refractivity contribution in [2.24, 2.45) is 0 Å². The van der Waals surface area contributed by atoms with E-state index in [9.17, 15) is 0 Å². The van der Waals surface area contributed by atoms with Crippen LogP contribution in [0.1, 0.15) is 5.69 Å². The van der Waals surface area contributed by atoms with Gasteiger partial charge in [-0.3, -0.25) is 4.98 Å². The summed E-state index contributed by atoms with van der Waals surface area (Å²) in [5.74, 6) is 0. The van der Waals surface area contributed by atoms with E-state index in [0.29, 0.717) is 11.0 Å². The number of rotatable bonds is 2. The molecule has 0 unspecified atom stereocenters. The van der Waals surface area contributed by atoms with Crippen molar-refractivity contribution in [2.45, 2.75) is 6.42 Å². The molecular weight excluding hydrogens is 196 g/mol. The minimum absolute atomic E-state index is 0.121. The second-order valence-corrected chi connectivity index (χ2v) is 2.62. The lowest BCUT2D eigenvalue weighted by molar-refractivity contribution is 0.298. The molecular formula is C6H7BrN2O. The highest BCUT2D eigenvalue weighted by Gasteiger charge is 1.92. The normalized spacial score (nSPS) is 9.80. The summed E-state index contributed by atoms with van der Waals surface area (Å²) in [4.78, 5) is 7.94. The Hall–Kier alpha value is -0.480. The van der Waals surface area contributed by atoms with Crippen molar-refractivity contribution in [1.82, 2.24) is 9.97 Å². The second kappa shape index (κ2) is 3.63. The third kappa shape index (κ3) is 2.04. The molecule has 54 valence electrons. The standard InChI is InChI=1S/C6H7BrN2O/c7-6-4-8-5(1-2-10)3-9-6/h3-4,10H,1-2H2. The maximum Gasteiger partial charge on any atom is 0.124 e. The van der Waals surface area contributed by atoms with Gasteiger partial charge in [0.2, 0.25) is 0 Å². The highest BCUT2D eigenvalue weighted by molar-refractivity contribution is 9.10. The van der Waals surface area contributed by atoms with E-state index in [1.54, 1.807) is 12.4 Å². The van der Waals surface area contributed by atoms with Gasteiger partial charge in [0.15, 0.2) is 0 Å². The van der Waals surface area contributed by atoms with E-state index in [1.165, 1.54) is 0 Å². The molecule has 0 aromatic carbocycles. The molecule has 0 fully saturated rings. The minimum Gasteiger partial charge on any atom is -0.396 e. The van der Waals surface area contributed by atoms with Crippen LogP contribution in [0.5, 0.6) is 0 Å². The Morgan fingerprint density at radius 1 is 1.40 bits per heavy atom. The van der Waals surface area contributed by atoms with Crippen molar-refractivity contribution in [2.75, 3.05) is 6.61 Å². The SMILES string of the molecule is OCCc1cnc(Br)cn1. The molecule has 0 aliphatic carbocycles. The van der Waals surface area contributed by atoms with Crippen molar-refractivity contribution >= 4 is 15.9 Å². The summed E-state index contributed by atoms with van der Waals surface area (Å²) in [6, 6.07) is 0. The van der Waals surface area contributed by atoms with Gasteiger partial charge >= 0.3 is 0 Å². The van der Waals surface area contributed by atoms with Gasteiger partial charge in [-0.1, -0.05) is 0 Å². The first-order valence-corrected chi connectivity index (χ1v) is 3.69. The van der Waals surface area contributed by atoms with Gasteiger partial charge < -0.3 is 5.11 Å². The van der Waals surface area contributed by atoms with E-state index in [-0.39, 0.29) is 6.61 Å². The van der Waals surface area contributed by atoms with Crippen LogP contribution in [0.15, 0.2) is 17.0 Å². The maximum atomic E-state index is 8.51. The van der Waals surface area contributed by atoms with Gasteiger partial charge in [-0.2, -0.15) is 0 Å². The van der Waals surface area contributed by atoms with Crippen molar-refractivity contribution in [3.63, 3.8) is 0 Å². The number of aliphatic hydroxyl groups excluding tert-OH is 1. The Labute approximate surface area is 67.3 Å². The first kappa shape index (κ1) is 7.63. The first-order chi connectivity index (χ1) is 4.83. The predicted molar refractivity (Wildman–Crippen MR) is 40.5 cm³/mol. The quantitative estimate of drug-likeness (QED) is 0.772. The van der Waals surface area contributed by atoms with Gasteiger partial charge in [0.25, 0.3) is 0 Å². The largest absolute Gasteiger partial charge is 0.396 e. The number of aliphatic hydroxyl groups is 1. The van der Waals surface area contributed by atoms with Gasteiger partial charge in [0.05, 0.1) is 11.9 Å². The molecule has 0 saturated heterocycles. The van der Waals surface area contributed by atoms with Crippen molar-refractivity contribution in [3.8, 4) is 0 Å². The molecule has 0 aliphatic rings. The van der Waals surface area contributed by atoms with Gasteiger partial charge in [-0.05, 0) is 15.9 Å². The van der Waals surface area contributed by atoms with Gasteiger partial charge in [0, 0.05) is 19.2 Å². The lowest BCUT2D eigenvalue weighted by Gasteiger charge is -1.94. The van der Waals surface area contributed by atoms with E-state index in [0.717, 1.165) is 5.69 Å². The molecule has 1 N–H and O–H groups in total. The Morgan fingerprint density at radius 2 is 2.20 bits per heavy atom. The molecule has 0 radical (unpaired) electrons. The lowest BCUT2D eigenvalue weighted by atomic mass is 10.3. The van der Waals surface area contributed by atoms with E-state index in [4.69, 9.17) is 5.11 Å². The summed E-state index contributed by atoms with van der Waals surface area (Å²) in [7, 11) is 0. The number of aromatic nitrogens is 2. The van der Waals surface area contributed by atoms with Crippen LogP contribution < -0.4 is 0 Å². The van der Waals surface area contributed by atoms with Gasteiger partial charge in [-0.25, -0.2) is 4.98 Å². The van der Waals surface area contributed by atoms with Crippen LogP contribution >= 0.6 is 15.9 Å². The highest BCUT2D eigenvalue weighted by Crippen LogP contribution is 2.02. The molecule has 0 bridgehead atoms. The zero-order valence-corrected chi connectivity index (χ0v) is 6.87. The fourth-order valence-electron chi connectivity index (χ4n) is 0.583. The molecule has 1 aromatic rings. The summed E-state index contributed by atoms with van der Waals surface area (Å²) in [6.45, 7) is 0.121. The fourth-order valence-corrected chi connectivity index (χ4v) is 0.787. The Morgan fingerprint density at radius 3 is 2.70 bits per heavy atom. The molecule has 10 heavy (non-hydrogen) atoms. The highest BCUT2D eigenvalue weighted by atomic mass is 79.9. The molecule has 0 amide bonds. The topological polar surface area (TPSA) is 46.0 Å². The monoisotopic (exact) mass is 202 g/mol. The zero-order valence-electron chi connectivity index (χ0n) is 5.29. The fraction of sp³-hybridized carbons (Fsp3) is 0.333. The van der Waals surface area contributed by atoms with Crippen LogP contribution in [0.4, 0.5) is 0 Å². The third-order valence-electron chi connectivity index (χ3n) is 1.04. The predicted octanol–water partition coefficient (Wildman–Crippen LogP) is 0.774. The Balaban J connectivity index is 2.69. The van der Waals surface area contributed by atoms with Crippen LogP contribution in [0.3, 0.4) is 0 Å². The molecule has 1 rings (SSSR count).